The molecular weight excluding hydrogens is 360 g/mol. The summed E-state index contributed by atoms with van der Waals surface area (Å²) in [7, 11) is 0. The van der Waals surface area contributed by atoms with Gasteiger partial charge in [0.05, 0.1) is 11.0 Å². The Morgan fingerprint density at radius 3 is 2.61 bits per heavy atom. The summed E-state index contributed by atoms with van der Waals surface area (Å²) in [6.45, 7) is 1.89. The second-order valence-electron chi connectivity index (χ2n) is 4.97. The summed E-state index contributed by atoms with van der Waals surface area (Å²) in [6, 6.07) is 13.7. The van der Waals surface area contributed by atoms with Crippen molar-refractivity contribution < 1.29 is 9.72 Å². The van der Waals surface area contributed by atoms with Crippen LogP contribution in [0.5, 0.6) is 0 Å². The molecule has 1 unspecified atom stereocenters. The van der Waals surface area contributed by atoms with Gasteiger partial charge in [-0.3, -0.25) is 14.9 Å². The highest BCUT2D eigenvalue weighted by Gasteiger charge is 2.08. The average molecular weight is 375 g/mol. The first-order valence-electron chi connectivity index (χ1n) is 6.94. The lowest BCUT2D eigenvalue weighted by Crippen LogP contribution is -2.24. The molecule has 0 saturated heterocycles. The maximum atomic E-state index is 11.9. The largest absolute Gasteiger partial charge is 0.346 e. The molecule has 0 saturated carbocycles. The average Bonchev–Trinajstić information content (AvgIpc) is 2.53. The number of hydrogen-bond acceptors (Lipinski definition) is 3. The minimum absolute atomic E-state index is 0.00390. The number of carbonyl (C=O) groups is 1. The van der Waals surface area contributed by atoms with Gasteiger partial charge in [0.2, 0.25) is 5.91 Å². The molecule has 0 heterocycles. The van der Waals surface area contributed by atoms with Crippen molar-refractivity contribution in [2.75, 3.05) is 0 Å². The van der Waals surface area contributed by atoms with E-state index in [0.29, 0.717) is 5.56 Å². The molecule has 0 radical (unpaired) electrons. The Hall–Kier alpha value is -2.47. The van der Waals surface area contributed by atoms with E-state index in [9.17, 15) is 14.9 Å². The van der Waals surface area contributed by atoms with Gasteiger partial charge in [0.25, 0.3) is 5.69 Å². The molecule has 2 aromatic carbocycles. The van der Waals surface area contributed by atoms with Crippen LogP contribution in [0.4, 0.5) is 5.69 Å². The van der Waals surface area contributed by atoms with Gasteiger partial charge in [-0.2, -0.15) is 0 Å². The topological polar surface area (TPSA) is 72.2 Å². The number of nitro groups is 1. The summed E-state index contributed by atoms with van der Waals surface area (Å²) in [5.41, 5.74) is 1.59. The molecule has 1 N–H and O–H groups in total. The Labute approximate surface area is 142 Å². The zero-order chi connectivity index (χ0) is 16.8. The lowest BCUT2D eigenvalue weighted by Gasteiger charge is -2.12. The van der Waals surface area contributed by atoms with E-state index < -0.39 is 4.92 Å². The lowest BCUT2D eigenvalue weighted by atomic mass is 10.1. The number of nitrogens with zero attached hydrogens (tertiary/aromatic N) is 1. The normalized spacial score (nSPS) is 12.1. The van der Waals surface area contributed by atoms with Crippen molar-refractivity contribution >= 4 is 33.6 Å². The standard InChI is InChI=1S/C17H15BrN2O3/c1-12(14-6-8-15(18)9-7-14)19-17(21)10-5-13-3-2-4-16(11-13)20(22)23/h2-12H,1H3,(H,19,21). The number of nitro benzene ring substituents is 1. The van der Waals surface area contributed by atoms with Crippen molar-refractivity contribution in [3.8, 4) is 0 Å². The molecule has 5 nitrogen and oxygen atoms in total. The first kappa shape index (κ1) is 16.9. The van der Waals surface area contributed by atoms with Gasteiger partial charge in [-0.05, 0) is 36.3 Å². The van der Waals surface area contributed by atoms with Crippen molar-refractivity contribution in [2.45, 2.75) is 13.0 Å². The predicted molar refractivity (Wildman–Crippen MR) is 92.8 cm³/mol. The molecule has 0 bridgehead atoms. The maximum absolute atomic E-state index is 11.9. The monoisotopic (exact) mass is 374 g/mol. The summed E-state index contributed by atoms with van der Waals surface area (Å²) in [4.78, 5) is 22.2. The second-order valence-corrected chi connectivity index (χ2v) is 5.88. The lowest BCUT2D eigenvalue weighted by molar-refractivity contribution is -0.384. The van der Waals surface area contributed by atoms with E-state index in [4.69, 9.17) is 0 Å². The molecular formula is C17H15BrN2O3. The number of carbonyl (C=O) groups excluding carboxylic acids is 1. The first-order valence-corrected chi connectivity index (χ1v) is 7.73. The second kappa shape index (κ2) is 7.69. The molecule has 1 atom stereocenters. The molecule has 1 amide bonds. The Bertz CT molecular complexity index is 742. The van der Waals surface area contributed by atoms with E-state index >= 15 is 0 Å². The van der Waals surface area contributed by atoms with Gasteiger partial charge in [-0.25, -0.2) is 0 Å². The molecule has 0 aliphatic rings. The zero-order valence-corrected chi connectivity index (χ0v) is 14.0. The minimum atomic E-state index is -0.465. The highest BCUT2D eigenvalue weighted by Crippen LogP contribution is 2.17. The van der Waals surface area contributed by atoms with E-state index in [1.165, 1.54) is 18.2 Å². The molecule has 23 heavy (non-hydrogen) atoms. The number of benzene rings is 2. The predicted octanol–water partition coefficient (Wildman–Crippen LogP) is 4.25. The number of amides is 1. The third-order valence-electron chi connectivity index (χ3n) is 3.24. The van der Waals surface area contributed by atoms with Gasteiger partial charge in [-0.1, -0.05) is 40.2 Å². The maximum Gasteiger partial charge on any atom is 0.270 e. The van der Waals surface area contributed by atoms with Crippen LogP contribution < -0.4 is 5.32 Å². The van der Waals surface area contributed by atoms with E-state index in [2.05, 4.69) is 21.2 Å². The molecule has 6 heteroatoms. The molecule has 0 aliphatic carbocycles. The van der Waals surface area contributed by atoms with Crippen LogP contribution in [0.3, 0.4) is 0 Å². The fourth-order valence-electron chi connectivity index (χ4n) is 2.01. The van der Waals surface area contributed by atoms with E-state index in [-0.39, 0.29) is 17.6 Å². The van der Waals surface area contributed by atoms with E-state index in [1.54, 1.807) is 18.2 Å². The zero-order valence-electron chi connectivity index (χ0n) is 12.4. The Balaban J connectivity index is 2.00. The summed E-state index contributed by atoms with van der Waals surface area (Å²) in [5, 5.41) is 13.6. The Morgan fingerprint density at radius 1 is 1.26 bits per heavy atom. The number of nitrogens with one attached hydrogen (secondary N) is 1. The fraction of sp³-hybridized carbons (Fsp3) is 0.118. The van der Waals surface area contributed by atoms with Crippen LogP contribution in [0.25, 0.3) is 6.08 Å². The van der Waals surface area contributed by atoms with E-state index in [1.807, 2.05) is 31.2 Å². The number of hydrogen-bond donors (Lipinski definition) is 1. The van der Waals surface area contributed by atoms with Crippen LogP contribution in [0, 0.1) is 10.1 Å². The molecule has 0 fully saturated rings. The van der Waals surface area contributed by atoms with Gasteiger partial charge < -0.3 is 5.32 Å². The van der Waals surface area contributed by atoms with Crippen molar-refractivity contribution in [1.29, 1.82) is 0 Å². The van der Waals surface area contributed by atoms with Gasteiger partial charge >= 0.3 is 0 Å². The van der Waals surface area contributed by atoms with Gasteiger partial charge in [0.1, 0.15) is 0 Å². The molecule has 118 valence electrons. The van der Waals surface area contributed by atoms with Crippen molar-refractivity contribution in [2.24, 2.45) is 0 Å². The van der Waals surface area contributed by atoms with Crippen LogP contribution in [-0.4, -0.2) is 10.8 Å². The highest BCUT2D eigenvalue weighted by molar-refractivity contribution is 9.10. The first-order chi connectivity index (χ1) is 11.0. The van der Waals surface area contributed by atoms with Crippen LogP contribution in [0.1, 0.15) is 24.1 Å². The van der Waals surface area contributed by atoms with Crippen molar-refractivity contribution in [3.63, 3.8) is 0 Å². The summed E-state index contributed by atoms with van der Waals surface area (Å²) >= 11 is 3.37. The van der Waals surface area contributed by atoms with Crippen molar-refractivity contribution in [1.82, 2.24) is 5.32 Å². The van der Waals surface area contributed by atoms with Crippen molar-refractivity contribution in [3.05, 3.63) is 80.3 Å². The minimum Gasteiger partial charge on any atom is -0.346 e. The summed E-state index contributed by atoms with van der Waals surface area (Å²) in [5.74, 6) is -0.257. The SMILES string of the molecule is CC(NC(=O)C=Cc1cccc([N+](=O)[O-])c1)c1ccc(Br)cc1. The van der Waals surface area contributed by atoms with E-state index in [0.717, 1.165) is 10.0 Å². The third-order valence-corrected chi connectivity index (χ3v) is 3.77. The van der Waals surface area contributed by atoms with Crippen LogP contribution in [0.2, 0.25) is 0 Å². The van der Waals surface area contributed by atoms with Gasteiger partial charge in [0.15, 0.2) is 0 Å². The molecule has 2 aromatic rings. The summed E-state index contributed by atoms with van der Waals surface area (Å²) < 4.78 is 0.977. The van der Waals surface area contributed by atoms with Crippen LogP contribution in [-0.2, 0) is 4.79 Å². The Kier molecular flexibility index (Phi) is 5.65. The van der Waals surface area contributed by atoms with Gasteiger partial charge in [0, 0.05) is 22.7 Å². The molecule has 2 rings (SSSR count). The fourth-order valence-corrected chi connectivity index (χ4v) is 2.27. The molecule has 0 aliphatic heterocycles. The Morgan fingerprint density at radius 2 is 1.96 bits per heavy atom. The van der Waals surface area contributed by atoms with Gasteiger partial charge in [-0.15, -0.1) is 0 Å². The third kappa shape index (κ3) is 5.03. The summed E-state index contributed by atoms with van der Waals surface area (Å²) in [6.07, 6.45) is 2.92. The number of rotatable bonds is 5. The van der Waals surface area contributed by atoms with Crippen LogP contribution in [0.15, 0.2) is 59.1 Å². The molecule has 0 spiro atoms. The number of non-ortho nitro benzene ring substituents is 1. The van der Waals surface area contributed by atoms with Crippen LogP contribution >= 0.6 is 15.9 Å². The number of halogens is 1. The molecule has 0 aromatic heterocycles. The highest BCUT2D eigenvalue weighted by atomic mass is 79.9. The smallest absolute Gasteiger partial charge is 0.270 e. The quantitative estimate of drug-likeness (QED) is 0.483.